The van der Waals surface area contributed by atoms with Crippen LogP contribution in [0.1, 0.15) is 37.2 Å². The van der Waals surface area contributed by atoms with Gasteiger partial charge in [0.05, 0.1) is 16.6 Å². The number of carbonyl (C=O) groups excluding carboxylic acids is 2. The van der Waals surface area contributed by atoms with Crippen LogP contribution in [0.4, 0.5) is 0 Å². The molecule has 9 heteroatoms. The molecule has 2 aromatic rings. The van der Waals surface area contributed by atoms with E-state index >= 15 is 0 Å². The van der Waals surface area contributed by atoms with Crippen LogP contribution in [0, 0.1) is 0 Å². The second-order valence-corrected chi connectivity index (χ2v) is 6.27. The van der Waals surface area contributed by atoms with Crippen molar-refractivity contribution in [3.63, 3.8) is 0 Å². The number of halogens is 2. The molecule has 26 heavy (non-hydrogen) atoms. The van der Waals surface area contributed by atoms with Gasteiger partial charge in [0.25, 0.3) is 5.91 Å². The van der Waals surface area contributed by atoms with Crippen LogP contribution in [0.3, 0.4) is 0 Å². The Balaban J connectivity index is 2.38. The van der Waals surface area contributed by atoms with E-state index in [1.165, 1.54) is 9.58 Å². The van der Waals surface area contributed by atoms with Gasteiger partial charge >= 0.3 is 0 Å². The fraction of sp³-hybridized carbons (Fsp3) is 0.412. The van der Waals surface area contributed by atoms with Crippen LogP contribution in [-0.4, -0.2) is 51.1 Å². The fourth-order valence-corrected chi connectivity index (χ4v) is 2.99. The summed E-state index contributed by atoms with van der Waals surface area (Å²) in [5.74, 6) is -0.0937. The minimum atomic E-state index is -0.421. The number of hydrogen-bond acceptors (Lipinski definition) is 4. The van der Waals surface area contributed by atoms with E-state index in [0.717, 1.165) is 0 Å². The van der Waals surface area contributed by atoms with E-state index in [0.29, 0.717) is 41.1 Å². The first-order valence-corrected chi connectivity index (χ1v) is 9.14. The van der Waals surface area contributed by atoms with Crippen molar-refractivity contribution in [3.05, 3.63) is 39.9 Å². The van der Waals surface area contributed by atoms with Gasteiger partial charge in [0.1, 0.15) is 11.5 Å². The van der Waals surface area contributed by atoms with Crippen LogP contribution in [0.2, 0.25) is 10.0 Å². The van der Waals surface area contributed by atoms with Gasteiger partial charge in [-0.3, -0.25) is 9.59 Å². The van der Waals surface area contributed by atoms with Gasteiger partial charge < -0.3 is 10.2 Å². The molecule has 2 rings (SSSR count). The third-order valence-corrected chi connectivity index (χ3v) is 4.32. The molecule has 7 nitrogen and oxygen atoms in total. The molecule has 1 heterocycles. The van der Waals surface area contributed by atoms with Crippen molar-refractivity contribution >= 4 is 35.0 Å². The van der Waals surface area contributed by atoms with E-state index in [-0.39, 0.29) is 18.3 Å². The van der Waals surface area contributed by atoms with Gasteiger partial charge in [-0.25, -0.2) is 9.67 Å². The van der Waals surface area contributed by atoms with E-state index in [4.69, 9.17) is 23.2 Å². The Hall–Kier alpha value is -2.12. The van der Waals surface area contributed by atoms with Crippen LogP contribution >= 0.6 is 23.2 Å². The van der Waals surface area contributed by atoms with Crippen molar-refractivity contribution in [2.75, 3.05) is 19.6 Å². The van der Waals surface area contributed by atoms with Crippen molar-refractivity contribution in [2.24, 2.45) is 0 Å². The van der Waals surface area contributed by atoms with E-state index in [9.17, 15) is 9.59 Å². The van der Waals surface area contributed by atoms with Gasteiger partial charge in [-0.15, -0.1) is 5.10 Å². The second-order valence-electron chi connectivity index (χ2n) is 5.46. The Labute approximate surface area is 162 Å². The maximum atomic E-state index is 12.7. The molecular formula is C17H21Cl2N5O2. The van der Waals surface area contributed by atoms with Gasteiger partial charge in [0.15, 0.2) is 0 Å². The van der Waals surface area contributed by atoms with E-state index in [1.54, 1.807) is 25.1 Å². The lowest BCUT2D eigenvalue weighted by molar-refractivity contribution is -0.121. The summed E-state index contributed by atoms with van der Waals surface area (Å²) >= 11 is 12.5. The van der Waals surface area contributed by atoms with E-state index < -0.39 is 5.91 Å². The Bertz CT molecular complexity index is 786. The highest BCUT2D eigenvalue weighted by molar-refractivity contribution is 6.37. The number of rotatable bonds is 7. The maximum absolute atomic E-state index is 12.7. The number of hydrogen-bond donors (Lipinski definition) is 1. The second kappa shape index (κ2) is 9.00. The van der Waals surface area contributed by atoms with E-state index in [1.807, 2.05) is 13.8 Å². The fourth-order valence-electron chi connectivity index (χ4n) is 2.43. The molecule has 2 amide bonds. The molecule has 0 saturated carbocycles. The van der Waals surface area contributed by atoms with Crippen LogP contribution < -0.4 is 5.32 Å². The monoisotopic (exact) mass is 397 g/mol. The molecule has 0 aliphatic rings. The molecule has 1 aromatic carbocycles. The smallest absolute Gasteiger partial charge is 0.294 e. The molecule has 0 fully saturated rings. The van der Waals surface area contributed by atoms with Crippen molar-refractivity contribution in [3.8, 4) is 5.69 Å². The summed E-state index contributed by atoms with van der Waals surface area (Å²) in [4.78, 5) is 30.2. The Kier molecular flexibility index (Phi) is 6.99. The molecule has 0 unspecified atom stereocenters. The molecule has 0 radical (unpaired) electrons. The number of likely N-dealkylation sites (N-methyl/N-ethyl adjacent to an activating group) is 2. The molecule has 0 aliphatic carbocycles. The summed E-state index contributed by atoms with van der Waals surface area (Å²) in [6, 6.07) is 5.12. The summed E-state index contributed by atoms with van der Waals surface area (Å²) in [5, 5.41) is 7.80. The Morgan fingerprint density at radius 1 is 1.19 bits per heavy atom. The van der Waals surface area contributed by atoms with Gasteiger partial charge in [-0.1, -0.05) is 36.2 Å². The predicted octanol–water partition coefficient (Wildman–Crippen LogP) is 2.73. The number of benzene rings is 1. The SMILES string of the molecule is CCNC(=O)CN(CC)C(=O)c1nc(CC)n(-c2c(Cl)cccc2Cl)n1. The first-order valence-electron chi connectivity index (χ1n) is 8.39. The van der Waals surface area contributed by atoms with Gasteiger partial charge in [0.2, 0.25) is 11.7 Å². The average molecular weight is 398 g/mol. The van der Waals surface area contributed by atoms with Crippen LogP contribution in [0.25, 0.3) is 5.69 Å². The highest BCUT2D eigenvalue weighted by Crippen LogP contribution is 2.28. The molecular weight excluding hydrogens is 377 g/mol. The lowest BCUT2D eigenvalue weighted by Gasteiger charge is -2.18. The highest BCUT2D eigenvalue weighted by atomic mass is 35.5. The summed E-state index contributed by atoms with van der Waals surface area (Å²) in [7, 11) is 0. The largest absolute Gasteiger partial charge is 0.355 e. The Morgan fingerprint density at radius 2 is 1.85 bits per heavy atom. The molecule has 1 aromatic heterocycles. The number of nitrogens with one attached hydrogen (secondary N) is 1. The third kappa shape index (κ3) is 4.34. The van der Waals surface area contributed by atoms with Crippen molar-refractivity contribution in [1.29, 1.82) is 0 Å². The maximum Gasteiger partial charge on any atom is 0.294 e. The predicted molar refractivity (Wildman–Crippen MR) is 101 cm³/mol. The number of nitrogens with zero attached hydrogens (tertiary/aromatic N) is 4. The Morgan fingerprint density at radius 3 is 2.38 bits per heavy atom. The zero-order chi connectivity index (χ0) is 19.3. The summed E-state index contributed by atoms with van der Waals surface area (Å²) in [5.41, 5.74) is 0.478. The molecule has 140 valence electrons. The van der Waals surface area contributed by atoms with Crippen LogP contribution in [-0.2, 0) is 11.2 Å². The number of para-hydroxylation sites is 1. The molecule has 0 aliphatic heterocycles. The number of amides is 2. The topological polar surface area (TPSA) is 80.1 Å². The van der Waals surface area contributed by atoms with E-state index in [2.05, 4.69) is 15.4 Å². The van der Waals surface area contributed by atoms with Crippen LogP contribution in [0.15, 0.2) is 18.2 Å². The normalized spacial score (nSPS) is 10.7. The highest BCUT2D eigenvalue weighted by Gasteiger charge is 2.24. The minimum Gasteiger partial charge on any atom is -0.355 e. The van der Waals surface area contributed by atoms with Crippen molar-refractivity contribution in [1.82, 2.24) is 25.0 Å². The van der Waals surface area contributed by atoms with Crippen molar-refractivity contribution in [2.45, 2.75) is 27.2 Å². The zero-order valence-electron chi connectivity index (χ0n) is 14.9. The molecule has 1 N–H and O–H groups in total. The van der Waals surface area contributed by atoms with Gasteiger partial charge in [0, 0.05) is 19.5 Å². The quantitative estimate of drug-likeness (QED) is 0.778. The third-order valence-electron chi connectivity index (χ3n) is 3.71. The standard InChI is InChI=1S/C17H21Cl2N5O2/c1-4-13-21-16(17(26)23(6-3)10-14(25)20-5-2)22-24(13)15-11(18)8-7-9-12(15)19/h7-9H,4-6,10H2,1-3H3,(H,20,25). The lowest BCUT2D eigenvalue weighted by Crippen LogP contribution is -2.41. The van der Waals surface area contributed by atoms with Crippen LogP contribution in [0.5, 0.6) is 0 Å². The summed E-state index contributed by atoms with van der Waals surface area (Å²) in [6.07, 6.45) is 0.532. The molecule has 0 atom stereocenters. The number of aromatic nitrogens is 3. The average Bonchev–Trinajstić information content (AvgIpc) is 3.03. The lowest BCUT2D eigenvalue weighted by atomic mass is 10.3. The number of aryl methyl sites for hydroxylation is 1. The minimum absolute atomic E-state index is 0.00369. The number of carbonyl (C=O) groups is 2. The molecule has 0 spiro atoms. The molecule has 0 bridgehead atoms. The summed E-state index contributed by atoms with van der Waals surface area (Å²) in [6.45, 7) is 6.32. The first-order chi connectivity index (χ1) is 12.4. The van der Waals surface area contributed by atoms with Gasteiger partial charge in [-0.05, 0) is 26.0 Å². The first kappa shape index (κ1) is 20.2. The molecule has 0 saturated heterocycles. The van der Waals surface area contributed by atoms with Gasteiger partial charge in [-0.2, -0.15) is 0 Å². The summed E-state index contributed by atoms with van der Waals surface area (Å²) < 4.78 is 1.48. The zero-order valence-corrected chi connectivity index (χ0v) is 16.4. The van der Waals surface area contributed by atoms with Crippen molar-refractivity contribution < 1.29 is 9.59 Å².